The molecule has 0 aromatic carbocycles. The van der Waals surface area contributed by atoms with E-state index in [2.05, 4.69) is 32.7 Å². The number of aromatic nitrogens is 1. The van der Waals surface area contributed by atoms with E-state index in [1.807, 2.05) is 0 Å². The lowest BCUT2D eigenvalue weighted by Gasteiger charge is -2.22. The molecule has 6 heteroatoms. The number of carbonyl (C=O) groups excluding carboxylic acids is 1. The van der Waals surface area contributed by atoms with Gasteiger partial charge in [-0.1, -0.05) is 6.07 Å². The Kier molecular flexibility index (Phi) is 3.98. The van der Waals surface area contributed by atoms with E-state index in [0.717, 1.165) is 30.9 Å². The van der Waals surface area contributed by atoms with E-state index in [0.29, 0.717) is 12.6 Å². The van der Waals surface area contributed by atoms with Crippen LogP contribution in [0.3, 0.4) is 0 Å². The third-order valence-corrected chi connectivity index (χ3v) is 6.47. The van der Waals surface area contributed by atoms with Crippen molar-refractivity contribution < 1.29 is 4.79 Å². The maximum absolute atomic E-state index is 12.3. The number of likely N-dealkylation sites (tertiary alicyclic amines) is 1. The molecule has 0 saturated carbocycles. The highest BCUT2D eigenvalue weighted by Gasteiger charge is 2.28. The first-order valence-corrected chi connectivity index (χ1v) is 9.55. The number of thiophene rings is 1. The van der Waals surface area contributed by atoms with E-state index in [1.54, 1.807) is 22.7 Å². The molecule has 4 rings (SSSR count). The molecule has 2 aromatic heterocycles. The van der Waals surface area contributed by atoms with Crippen molar-refractivity contribution >= 4 is 33.7 Å². The summed E-state index contributed by atoms with van der Waals surface area (Å²) >= 11 is 3.43. The summed E-state index contributed by atoms with van der Waals surface area (Å²) in [5, 5.41) is 5.89. The standard InChI is InChI=1S/C16H19N3OS2/c20-15(18-16-17-11-4-1-6-13(11)22-16)10-19-8-2-5-12(19)14-7-3-9-21-14/h3,7,9,12H,1-2,4-6,8,10H2,(H,17,18,20). The Bertz CT molecular complexity index is 643. The summed E-state index contributed by atoms with van der Waals surface area (Å²) in [6, 6.07) is 4.68. The molecular formula is C16H19N3OS2. The third kappa shape index (κ3) is 2.83. The lowest BCUT2D eigenvalue weighted by atomic mass is 10.2. The van der Waals surface area contributed by atoms with Crippen LogP contribution in [0.2, 0.25) is 0 Å². The van der Waals surface area contributed by atoms with E-state index in [-0.39, 0.29) is 5.91 Å². The molecule has 1 aliphatic carbocycles. The Morgan fingerprint density at radius 1 is 1.41 bits per heavy atom. The van der Waals surface area contributed by atoms with Gasteiger partial charge in [0.1, 0.15) is 0 Å². The number of hydrogen-bond acceptors (Lipinski definition) is 5. The molecule has 2 aromatic rings. The van der Waals surface area contributed by atoms with Crippen LogP contribution in [-0.2, 0) is 17.6 Å². The normalized spacial score (nSPS) is 21.2. The van der Waals surface area contributed by atoms with Gasteiger partial charge in [0.25, 0.3) is 0 Å². The molecule has 116 valence electrons. The summed E-state index contributed by atoms with van der Waals surface area (Å²) in [5.41, 5.74) is 1.19. The molecule has 1 aliphatic heterocycles. The minimum absolute atomic E-state index is 0.0656. The molecule has 4 nitrogen and oxygen atoms in total. The van der Waals surface area contributed by atoms with Gasteiger partial charge in [-0.15, -0.1) is 22.7 Å². The number of rotatable bonds is 4. The number of nitrogens with one attached hydrogen (secondary N) is 1. The first-order chi connectivity index (χ1) is 10.8. The molecule has 0 spiro atoms. The van der Waals surface area contributed by atoms with Crippen LogP contribution in [0.4, 0.5) is 5.13 Å². The Hall–Kier alpha value is -1.24. The maximum atomic E-state index is 12.3. The fourth-order valence-electron chi connectivity index (χ4n) is 3.41. The van der Waals surface area contributed by atoms with Crippen LogP contribution in [0.25, 0.3) is 0 Å². The highest BCUT2D eigenvalue weighted by molar-refractivity contribution is 7.15. The van der Waals surface area contributed by atoms with Crippen LogP contribution in [0.1, 0.15) is 40.8 Å². The zero-order valence-corrected chi connectivity index (χ0v) is 14.0. The smallest absolute Gasteiger partial charge is 0.240 e. The zero-order chi connectivity index (χ0) is 14.9. The average Bonchev–Trinajstić information content (AvgIpc) is 3.21. The second kappa shape index (κ2) is 6.10. The number of nitrogens with zero attached hydrogens (tertiary/aromatic N) is 2. The molecule has 0 bridgehead atoms. The highest BCUT2D eigenvalue weighted by Crippen LogP contribution is 2.34. The van der Waals surface area contributed by atoms with Crippen LogP contribution in [0.15, 0.2) is 17.5 Å². The fraction of sp³-hybridized carbons (Fsp3) is 0.500. The second-order valence-corrected chi connectivity index (χ2v) is 8.00. The van der Waals surface area contributed by atoms with E-state index in [4.69, 9.17) is 0 Å². The topological polar surface area (TPSA) is 45.2 Å². The predicted octanol–water partition coefficient (Wildman–Crippen LogP) is 3.47. The van der Waals surface area contributed by atoms with Crippen molar-refractivity contribution in [3.8, 4) is 0 Å². The Morgan fingerprint density at radius 3 is 3.18 bits per heavy atom. The molecule has 3 heterocycles. The van der Waals surface area contributed by atoms with Gasteiger partial charge in [-0.2, -0.15) is 0 Å². The van der Waals surface area contributed by atoms with Gasteiger partial charge < -0.3 is 5.32 Å². The van der Waals surface area contributed by atoms with Gasteiger partial charge in [-0.25, -0.2) is 4.98 Å². The summed E-state index contributed by atoms with van der Waals surface area (Å²) in [7, 11) is 0. The molecule has 1 fully saturated rings. The molecule has 1 saturated heterocycles. The SMILES string of the molecule is O=C(CN1CCCC1c1cccs1)Nc1nc2c(s1)CCC2. The van der Waals surface area contributed by atoms with E-state index < -0.39 is 0 Å². The van der Waals surface area contributed by atoms with Crippen LogP contribution < -0.4 is 5.32 Å². The molecule has 1 unspecified atom stereocenters. The molecule has 0 radical (unpaired) electrons. The van der Waals surface area contributed by atoms with Gasteiger partial charge in [0, 0.05) is 15.8 Å². The second-order valence-electron chi connectivity index (χ2n) is 5.93. The van der Waals surface area contributed by atoms with Gasteiger partial charge in [0.05, 0.1) is 12.2 Å². The van der Waals surface area contributed by atoms with Crippen molar-refractivity contribution in [2.24, 2.45) is 0 Å². The summed E-state index contributed by atoms with van der Waals surface area (Å²) in [5.74, 6) is 0.0656. The van der Waals surface area contributed by atoms with Crippen molar-refractivity contribution in [2.45, 2.75) is 38.1 Å². The quantitative estimate of drug-likeness (QED) is 0.932. The molecule has 1 N–H and O–H groups in total. The van der Waals surface area contributed by atoms with Crippen LogP contribution in [0.5, 0.6) is 0 Å². The maximum Gasteiger partial charge on any atom is 0.240 e. The fourth-order valence-corrected chi connectivity index (χ4v) is 5.37. The van der Waals surface area contributed by atoms with Crippen molar-refractivity contribution in [1.29, 1.82) is 0 Å². The van der Waals surface area contributed by atoms with Crippen molar-refractivity contribution in [3.05, 3.63) is 33.0 Å². The Labute approximate surface area is 138 Å². The molecule has 1 amide bonds. The van der Waals surface area contributed by atoms with E-state index in [1.165, 1.54) is 28.3 Å². The van der Waals surface area contributed by atoms with Crippen LogP contribution in [0, 0.1) is 0 Å². The van der Waals surface area contributed by atoms with Gasteiger partial charge in [0.2, 0.25) is 5.91 Å². The van der Waals surface area contributed by atoms with E-state index >= 15 is 0 Å². The Balaban J connectivity index is 1.38. The van der Waals surface area contributed by atoms with Gasteiger partial charge >= 0.3 is 0 Å². The number of amides is 1. The summed E-state index contributed by atoms with van der Waals surface area (Å²) in [6.45, 7) is 1.47. The summed E-state index contributed by atoms with van der Waals surface area (Å²) in [4.78, 5) is 21.9. The van der Waals surface area contributed by atoms with Crippen molar-refractivity contribution in [1.82, 2.24) is 9.88 Å². The Morgan fingerprint density at radius 2 is 2.36 bits per heavy atom. The van der Waals surface area contributed by atoms with Crippen LogP contribution >= 0.6 is 22.7 Å². The summed E-state index contributed by atoms with van der Waals surface area (Å²) in [6.07, 6.45) is 5.71. The van der Waals surface area contributed by atoms with Gasteiger partial charge in [-0.3, -0.25) is 9.69 Å². The lowest BCUT2D eigenvalue weighted by molar-refractivity contribution is -0.117. The monoisotopic (exact) mass is 333 g/mol. The largest absolute Gasteiger partial charge is 0.301 e. The number of aryl methyl sites for hydroxylation is 2. The van der Waals surface area contributed by atoms with Gasteiger partial charge in [0.15, 0.2) is 5.13 Å². The highest BCUT2D eigenvalue weighted by atomic mass is 32.1. The molecular weight excluding hydrogens is 314 g/mol. The number of thiazole rings is 1. The van der Waals surface area contributed by atoms with Gasteiger partial charge in [-0.05, 0) is 50.1 Å². The molecule has 1 atom stereocenters. The number of carbonyl (C=O) groups is 1. The zero-order valence-electron chi connectivity index (χ0n) is 12.4. The van der Waals surface area contributed by atoms with E-state index in [9.17, 15) is 4.79 Å². The third-order valence-electron chi connectivity index (χ3n) is 4.42. The lowest BCUT2D eigenvalue weighted by Crippen LogP contribution is -2.32. The number of fused-ring (bicyclic) bond motifs is 1. The summed E-state index contributed by atoms with van der Waals surface area (Å²) < 4.78 is 0. The van der Waals surface area contributed by atoms with Crippen molar-refractivity contribution in [3.63, 3.8) is 0 Å². The molecule has 2 aliphatic rings. The minimum atomic E-state index is 0.0656. The average molecular weight is 333 g/mol. The number of hydrogen-bond donors (Lipinski definition) is 1. The number of anilines is 1. The van der Waals surface area contributed by atoms with Crippen molar-refractivity contribution in [2.75, 3.05) is 18.4 Å². The first-order valence-electron chi connectivity index (χ1n) is 7.85. The predicted molar refractivity (Wildman–Crippen MR) is 90.6 cm³/mol. The van der Waals surface area contributed by atoms with Crippen LogP contribution in [-0.4, -0.2) is 28.9 Å². The molecule has 22 heavy (non-hydrogen) atoms. The first kappa shape index (κ1) is 14.4. The minimum Gasteiger partial charge on any atom is -0.301 e.